The van der Waals surface area contributed by atoms with Crippen LogP contribution in [0.3, 0.4) is 0 Å². The highest BCUT2D eigenvalue weighted by atomic mass is 32.1. The minimum absolute atomic E-state index is 0.641. The number of aryl methyl sites for hydroxylation is 2. The van der Waals surface area contributed by atoms with Crippen molar-refractivity contribution in [2.75, 3.05) is 19.5 Å². The zero-order valence-corrected chi connectivity index (χ0v) is 14.9. The van der Waals surface area contributed by atoms with E-state index >= 15 is 0 Å². The van der Waals surface area contributed by atoms with Gasteiger partial charge < -0.3 is 19.2 Å². The highest BCUT2D eigenvalue weighted by molar-refractivity contribution is 7.14. The number of hydrogen-bond acceptors (Lipinski definition) is 7. The molecule has 0 aliphatic carbocycles. The predicted octanol–water partition coefficient (Wildman–Crippen LogP) is 4.04. The normalized spacial score (nSPS) is 10.7. The van der Waals surface area contributed by atoms with E-state index in [0.717, 1.165) is 27.8 Å². The zero-order chi connectivity index (χ0) is 17.1. The molecule has 0 saturated heterocycles. The molecular weight excluding hydrogens is 326 g/mol. The van der Waals surface area contributed by atoms with Crippen LogP contribution in [-0.4, -0.2) is 24.2 Å². The second-order valence-electron chi connectivity index (χ2n) is 5.23. The summed E-state index contributed by atoms with van der Waals surface area (Å²) in [5, 5.41) is 6.10. The molecule has 1 aromatic carbocycles. The summed E-state index contributed by atoms with van der Waals surface area (Å²) < 4.78 is 16.2. The van der Waals surface area contributed by atoms with Crippen LogP contribution in [0.4, 0.5) is 5.13 Å². The van der Waals surface area contributed by atoms with E-state index in [2.05, 4.69) is 15.3 Å². The number of anilines is 1. The quantitative estimate of drug-likeness (QED) is 0.727. The van der Waals surface area contributed by atoms with Crippen LogP contribution in [0.1, 0.15) is 17.1 Å². The summed E-state index contributed by atoms with van der Waals surface area (Å²) in [4.78, 5) is 8.84. The van der Waals surface area contributed by atoms with E-state index in [1.165, 1.54) is 11.3 Å². The number of methoxy groups -OCH3 is 2. The largest absolute Gasteiger partial charge is 0.493 e. The Kier molecular flexibility index (Phi) is 4.71. The number of benzene rings is 1. The van der Waals surface area contributed by atoms with Gasteiger partial charge in [-0.15, -0.1) is 11.3 Å². The number of thiazole rings is 1. The maximum Gasteiger partial charge on any atom is 0.192 e. The molecule has 1 N–H and O–H groups in total. The molecule has 2 heterocycles. The summed E-state index contributed by atoms with van der Waals surface area (Å²) in [6, 6.07) is 5.83. The average Bonchev–Trinajstić information content (AvgIpc) is 3.18. The van der Waals surface area contributed by atoms with Crippen molar-refractivity contribution in [3.05, 3.63) is 40.7 Å². The third-order valence-corrected chi connectivity index (χ3v) is 4.33. The number of nitrogens with one attached hydrogen (secondary N) is 1. The molecule has 0 atom stereocenters. The van der Waals surface area contributed by atoms with Gasteiger partial charge in [-0.1, -0.05) is 6.07 Å². The second kappa shape index (κ2) is 6.92. The van der Waals surface area contributed by atoms with Crippen molar-refractivity contribution in [1.82, 2.24) is 9.97 Å². The Morgan fingerprint density at radius 3 is 2.58 bits per heavy atom. The van der Waals surface area contributed by atoms with Gasteiger partial charge in [0.05, 0.1) is 19.9 Å². The Morgan fingerprint density at radius 1 is 1.12 bits per heavy atom. The number of rotatable bonds is 6. The summed E-state index contributed by atoms with van der Waals surface area (Å²) in [6.45, 7) is 4.39. The molecule has 0 aliphatic rings. The number of aromatic nitrogens is 2. The van der Waals surface area contributed by atoms with Crippen molar-refractivity contribution in [3.8, 4) is 23.0 Å². The standard InChI is InChI=1S/C17H19N3O3S/c1-10-16(23-11(2)19-10)13-9-24-17(20-13)18-8-12-5-6-14(21-3)15(7-12)22-4/h5-7,9H,8H2,1-4H3,(H,18,20). The second-order valence-corrected chi connectivity index (χ2v) is 6.09. The minimum atomic E-state index is 0.641. The third-order valence-electron chi connectivity index (χ3n) is 3.53. The summed E-state index contributed by atoms with van der Waals surface area (Å²) in [6.07, 6.45) is 0. The van der Waals surface area contributed by atoms with Gasteiger partial charge in [0, 0.05) is 18.8 Å². The van der Waals surface area contributed by atoms with Crippen LogP contribution < -0.4 is 14.8 Å². The third kappa shape index (κ3) is 3.35. The first-order valence-corrected chi connectivity index (χ1v) is 8.33. The molecule has 3 rings (SSSR count). The Morgan fingerprint density at radius 2 is 1.92 bits per heavy atom. The topological polar surface area (TPSA) is 69.4 Å². The van der Waals surface area contributed by atoms with E-state index in [0.29, 0.717) is 23.9 Å². The number of ether oxygens (including phenoxy) is 2. The molecule has 0 radical (unpaired) electrons. The van der Waals surface area contributed by atoms with Crippen molar-refractivity contribution in [3.63, 3.8) is 0 Å². The molecule has 126 valence electrons. The monoisotopic (exact) mass is 345 g/mol. The Balaban J connectivity index is 1.71. The van der Waals surface area contributed by atoms with Gasteiger partial charge in [-0.2, -0.15) is 0 Å². The first-order valence-electron chi connectivity index (χ1n) is 7.45. The molecule has 24 heavy (non-hydrogen) atoms. The smallest absolute Gasteiger partial charge is 0.192 e. The highest BCUT2D eigenvalue weighted by Crippen LogP contribution is 2.30. The van der Waals surface area contributed by atoms with Crippen LogP contribution >= 0.6 is 11.3 Å². The molecule has 0 bridgehead atoms. The number of nitrogens with zero attached hydrogens (tertiary/aromatic N) is 2. The van der Waals surface area contributed by atoms with Crippen LogP contribution in [0.25, 0.3) is 11.5 Å². The fraction of sp³-hybridized carbons (Fsp3) is 0.294. The lowest BCUT2D eigenvalue weighted by atomic mass is 10.2. The van der Waals surface area contributed by atoms with Gasteiger partial charge in [-0.25, -0.2) is 9.97 Å². The van der Waals surface area contributed by atoms with Crippen LogP contribution in [0.2, 0.25) is 0 Å². The van der Waals surface area contributed by atoms with Crippen molar-refractivity contribution in [1.29, 1.82) is 0 Å². The molecular formula is C17H19N3O3S. The lowest BCUT2D eigenvalue weighted by Crippen LogP contribution is -2.00. The van der Waals surface area contributed by atoms with Crippen LogP contribution in [0.15, 0.2) is 28.0 Å². The molecule has 0 saturated carbocycles. The molecule has 0 unspecified atom stereocenters. The summed E-state index contributed by atoms with van der Waals surface area (Å²) in [5.41, 5.74) is 2.73. The molecule has 3 aromatic rings. The summed E-state index contributed by atoms with van der Waals surface area (Å²) >= 11 is 1.53. The molecule has 0 spiro atoms. The van der Waals surface area contributed by atoms with E-state index in [4.69, 9.17) is 13.9 Å². The molecule has 7 heteroatoms. The Bertz CT molecular complexity index is 841. The Labute approximate surface area is 144 Å². The van der Waals surface area contributed by atoms with Gasteiger partial charge in [0.25, 0.3) is 0 Å². The Hall–Kier alpha value is -2.54. The highest BCUT2D eigenvalue weighted by Gasteiger charge is 2.13. The lowest BCUT2D eigenvalue weighted by molar-refractivity contribution is 0.354. The van der Waals surface area contributed by atoms with Gasteiger partial charge in [-0.05, 0) is 24.6 Å². The molecule has 6 nitrogen and oxygen atoms in total. The summed E-state index contributed by atoms with van der Waals surface area (Å²) in [5.74, 6) is 2.80. The SMILES string of the molecule is COc1ccc(CNc2nc(-c3oc(C)nc3C)cs2)cc1OC. The average molecular weight is 345 g/mol. The van der Waals surface area contributed by atoms with E-state index in [1.54, 1.807) is 14.2 Å². The van der Waals surface area contributed by atoms with Gasteiger partial charge in [0.1, 0.15) is 5.69 Å². The van der Waals surface area contributed by atoms with Crippen LogP contribution in [-0.2, 0) is 6.54 Å². The molecule has 0 aliphatic heterocycles. The fourth-order valence-corrected chi connectivity index (χ4v) is 3.09. The molecule has 2 aromatic heterocycles. The van der Waals surface area contributed by atoms with Gasteiger partial charge in [-0.3, -0.25) is 0 Å². The van der Waals surface area contributed by atoms with E-state index < -0.39 is 0 Å². The molecule has 0 amide bonds. The maximum atomic E-state index is 5.61. The zero-order valence-electron chi connectivity index (χ0n) is 14.0. The lowest BCUT2D eigenvalue weighted by Gasteiger charge is -2.09. The van der Waals surface area contributed by atoms with Gasteiger partial charge in [0.15, 0.2) is 28.3 Å². The van der Waals surface area contributed by atoms with Crippen molar-refractivity contribution in [2.45, 2.75) is 20.4 Å². The van der Waals surface area contributed by atoms with Crippen molar-refractivity contribution >= 4 is 16.5 Å². The van der Waals surface area contributed by atoms with Gasteiger partial charge in [0.2, 0.25) is 0 Å². The number of hydrogen-bond donors (Lipinski definition) is 1. The molecule has 0 fully saturated rings. The van der Waals surface area contributed by atoms with E-state index in [-0.39, 0.29) is 0 Å². The van der Waals surface area contributed by atoms with Gasteiger partial charge >= 0.3 is 0 Å². The fourth-order valence-electron chi connectivity index (χ4n) is 2.40. The van der Waals surface area contributed by atoms with E-state index in [9.17, 15) is 0 Å². The van der Waals surface area contributed by atoms with Crippen LogP contribution in [0, 0.1) is 13.8 Å². The first kappa shape index (κ1) is 16.3. The first-order chi connectivity index (χ1) is 11.6. The van der Waals surface area contributed by atoms with Crippen molar-refractivity contribution in [2.24, 2.45) is 0 Å². The summed E-state index contributed by atoms with van der Waals surface area (Å²) in [7, 11) is 3.25. The van der Waals surface area contributed by atoms with E-state index in [1.807, 2.05) is 37.4 Å². The van der Waals surface area contributed by atoms with Crippen molar-refractivity contribution < 1.29 is 13.9 Å². The maximum absolute atomic E-state index is 5.61. The predicted molar refractivity (Wildman–Crippen MR) is 94.0 cm³/mol. The number of oxazole rings is 1. The van der Waals surface area contributed by atoms with Crippen LogP contribution in [0.5, 0.6) is 11.5 Å². The minimum Gasteiger partial charge on any atom is -0.493 e.